The zero-order valence-corrected chi connectivity index (χ0v) is 9.93. The quantitative estimate of drug-likeness (QED) is 0.775. The number of pyridine rings is 1. The first-order chi connectivity index (χ1) is 9.05. The minimum Gasteiger partial charge on any atom is -0.286 e. The number of rotatable bonds is 3. The van der Waals surface area contributed by atoms with Crippen LogP contribution in [0, 0.1) is 0 Å². The maximum atomic E-state index is 12.3. The summed E-state index contributed by atoms with van der Waals surface area (Å²) in [6.07, 6.45) is -2.08. The van der Waals surface area contributed by atoms with Crippen molar-refractivity contribution < 1.29 is 13.2 Å². The number of alkyl halides is 3. The zero-order chi connectivity index (χ0) is 13.7. The van der Waals surface area contributed by atoms with Crippen LogP contribution in [0.4, 0.5) is 13.2 Å². The van der Waals surface area contributed by atoms with E-state index in [9.17, 15) is 13.2 Å². The van der Waals surface area contributed by atoms with Crippen LogP contribution in [0.5, 0.6) is 0 Å². The molecule has 0 N–H and O–H groups in total. The van der Waals surface area contributed by atoms with Crippen molar-refractivity contribution in [2.75, 3.05) is 0 Å². The Morgan fingerprint density at radius 2 is 1.79 bits per heavy atom. The largest absolute Gasteiger partial charge is 0.417 e. The average Bonchev–Trinajstić information content (AvgIpc) is 2.39. The fraction of sp³-hybridized carbons (Fsp3) is 0.143. The monoisotopic (exact) mass is 264 g/mol. The Bertz CT molecular complexity index is 545. The molecule has 0 radical (unpaired) electrons. The fourth-order valence-corrected chi connectivity index (χ4v) is 1.48. The SMILES string of the molecule is FC(F)(F)c1ccc(/C=N/Cc2ccccc2)nc1. The van der Waals surface area contributed by atoms with Crippen LogP contribution in [0.3, 0.4) is 0 Å². The first-order valence-corrected chi connectivity index (χ1v) is 5.63. The second-order valence-electron chi connectivity index (χ2n) is 3.92. The van der Waals surface area contributed by atoms with Crippen LogP contribution in [0.2, 0.25) is 0 Å². The van der Waals surface area contributed by atoms with Gasteiger partial charge >= 0.3 is 6.18 Å². The van der Waals surface area contributed by atoms with Gasteiger partial charge in [0.1, 0.15) is 0 Å². The summed E-state index contributed by atoms with van der Waals surface area (Å²) in [4.78, 5) is 7.84. The van der Waals surface area contributed by atoms with E-state index in [0.717, 1.165) is 17.8 Å². The summed E-state index contributed by atoms with van der Waals surface area (Å²) >= 11 is 0. The van der Waals surface area contributed by atoms with E-state index >= 15 is 0 Å². The maximum absolute atomic E-state index is 12.3. The second-order valence-corrected chi connectivity index (χ2v) is 3.92. The zero-order valence-electron chi connectivity index (χ0n) is 9.93. The number of aliphatic imine (C=N–C) groups is 1. The minimum atomic E-state index is -4.35. The summed E-state index contributed by atoms with van der Waals surface area (Å²) in [5, 5.41) is 0. The molecular formula is C14H11F3N2. The van der Waals surface area contributed by atoms with Crippen molar-refractivity contribution >= 4 is 6.21 Å². The van der Waals surface area contributed by atoms with E-state index in [0.29, 0.717) is 12.2 Å². The van der Waals surface area contributed by atoms with Crippen molar-refractivity contribution in [2.24, 2.45) is 4.99 Å². The summed E-state index contributed by atoms with van der Waals surface area (Å²) < 4.78 is 37.0. The van der Waals surface area contributed by atoms with Crippen molar-refractivity contribution in [3.05, 3.63) is 65.5 Å². The normalized spacial score (nSPS) is 11.9. The molecule has 2 aromatic rings. The Morgan fingerprint density at radius 3 is 2.37 bits per heavy atom. The van der Waals surface area contributed by atoms with Gasteiger partial charge < -0.3 is 0 Å². The smallest absolute Gasteiger partial charge is 0.286 e. The highest BCUT2D eigenvalue weighted by atomic mass is 19.4. The molecule has 0 fully saturated rings. The van der Waals surface area contributed by atoms with Crippen molar-refractivity contribution in [1.82, 2.24) is 4.98 Å². The number of nitrogens with zero attached hydrogens (tertiary/aromatic N) is 2. The second kappa shape index (κ2) is 5.65. The molecule has 1 aromatic carbocycles. The maximum Gasteiger partial charge on any atom is 0.417 e. The molecule has 19 heavy (non-hydrogen) atoms. The van der Waals surface area contributed by atoms with Gasteiger partial charge in [-0.3, -0.25) is 9.98 Å². The predicted molar refractivity (Wildman–Crippen MR) is 67.0 cm³/mol. The van der Waals surface area contributed by atoms with Crippen LogP contribution in [0.25, 0.3) is 0 Å². The van der Waals surface area contributed by atoms with E-state index < -0.39 is 11.7 Å². The summed E-state index contributed by atoms with van der Waals surface area (Å²) in [7, 11) is 0. The van der Waals surface area contributed by atoms with Crippen molar-refractivity contribution in [2.45, 2.75) is 12.7 Å². The third kappa shape index (κ3) is 3.91. The molecule has 1 aromatic heterocycles. The fourth-order valence-electron chi connectivity index (χ4n) is 1.48. The number of hydrogen-bond donors (Lipinski definition) is 0. The molecular weight excluding hydrogens is 253 g/mol. The Hall–Kier alpha value is -2.17. The average molecular weight is 264 g/mol. The number of aromatic nitrogens is 1. The van der Waals surface area contributed by atoms with Crippen molar-refractivity contribution in [3.8, 4) is 0 Å². The lowest BCUT2D eigenvalue weighted by Gasteiger charge is -2.04. The van der Waals surface area contributed by atoms with E-state index in [1.54, 1.807) is 0 Å². The molecule has 0 unspecified atom stereocenters. The van der Waals surface area contributed by atoms with Crippen LogP contribution in [-0.4, -0.2) is 11.2 Å². The molecule has 0 aliphatic rings. The first kappa shape index (κ1) is 13.3. The van der Waals surface area contributed by atoms with E-state index in [1.807, 2.05) is 30.3 Å². The standard InChI is InChI=1S/C14H11F3N2/c15-14(16,17)12-6-7-13(19-9-12)10-18-8-11-4-2-1-3-5-11/h1-7,9-10H,8H2/b18-10+. The van der Waals surface area contributed by atoms with Gasteiger partial charge in [-0.25, -0.2) is 0 Å². The Labute approximate surface area is 108 Å². The predicted octanol–water partition coefficient (Wildman–Crippen LogP) is 3.72. The molecule has 0 saturated heterocycles. The molecule has 5 heteroatoms. The molecule has 2 rings (SSSR count). The molecule has 0 saturated carbocycles. The molecule has 1 heterocycles. The van der Waals surface area contributed by atoms with Crippen LogP contribution in [0.1, 0.15) is 16.8 Å². The van der Waals surface area contributed by atoms with Gasteiger partial charge in [-0.15, -0.1) is 0 Å². The molecule has 0 bridgehead atoms. The van der Waals surface area contributed by atoms with Crippen LogP contribution in [0.15, 0.2) is 53.7 Å². The topological polar surface area (TPSA) is 25.2 Å². The van der Waals surface area contributed by atoms with Gasteiger partial charge in [0.25, 0.3) is 0 Å². The summed E-state index contributed by atoms with van der Waals surface area (Å²) in [5.74, 6) is 0. The third-order valence-corrected chi connectivity index (χ3v) is 2.45. The van der Waals surface area contributed by atoms with Gasteiger partial charge in [0, 0.05) is 12.4 Å². The number of hydrogen-bond acceptors (Lipinski definition) is 2. The van der Waals surface area contributed by atoms with Gasteiger partial charge in [0.15, 0.2) is 0 Å². The van der Waals surface area contributed by atoms with Gasteiger partial charge in [-0.05, 0) is 17.7 Å². The van der Waals surface area contributed by atoms with Crippen LogP contribution < -0.4 is 0 Å². The third-order valence-electron chi connectivity index (χ3n) is 2.45. The van der Waals surface area contributed by atoms with E-state index in [-0.39, 0.29) is 0 Å². The highest BCUT2D eigenvalue weighted by Gasteiger charge is 2.30. The van der Waals surface area contributed by atoms with Crippen molar-refractivity contribution in [1.29, 1.82) is 0 Å². The van der Waals surface area contributed by atoms with Crippen LogP contribution in [-0.2, 0) is 12.7 Å². The summed E-state index contributed by atoms with van der Waals surface area (Å²) in [6, 6.07) is 11.9. The van der Waals surface area contributed by atoms with Gasteiger partial charge in [0.05, 0.1) is 17.8 Å². The Kier molecular flexibility index (Phi) is 3.94. The van der Waals surface area contributed by atoms with E-state index in [1.165, 1.54) is 12.3 Å². The summed E-state index contributed by atoms with van der Waals surface area (Å²) in [5.41, 5.74) is 0.683. The molecule has 2 nitrogen and oxygen atoms in total. The number of halogens is 3. The van der Waals surface area contributed by atoms with E-state index in [2.05, 4.69) is 9.98 Å². The van der Waals surface area contributed by atoms with Crippen LogP contribution >= 0.6 is 0 Å². The lowest BCUT2D eigenvalue weighted by Crippen LogP contribution is -2.05. The highest BCUT2D eigenvalue weighted by molar-refractivity contribution is 5.76. The Morgan fingerprint density at radius 1 is 1.05 bits per heavy atom. The van der Waals surface area contributed by atoms with Gasteiger partial charge in [0.2, 0.25) is 0 Å². The first-order valence-electron chi connectivity index (χ1n) is 5.63. The molecule has 0 aliphatic carbocycles. The minimum absolute atomic E-state index is 0.406. The van der Waals surface area contributed by atoms with Crippen molar-refractivity contribution in [3.63, 3.8) is 0 Å². The number of benzene rings is 1. The molecule has 98 valence electrons. The molecule has 0 amide bonds. The molecule has 0 spiro atoms. The summed E-state index contributed by atoms with van der Waals surface area (Å²) in [6.45, 7) is 0.476. The lowest BCUT2D eigenvalue weighted by atomic mass is 10.2. The highest BCUT2D eigenvalue weighted by Crippen LogP contribution is 2.28. The van der Waals surface area contributed by atoms with Gasteiger partial charge in [-0.2, -0.15) is 13.2 Å². The lowest BCUT2D eigenvalue weighted by molar-refractivity contribution is -0.137. The molecule has 0 aliphatic heterocycles. The Balaban J connectivity index is 2.00. The van der Waals surface area contributed by atoms with E-state index in [4.69, 9.17) is 0 Å². The van der Waals surface area contributed by atoms with Gasteiger partial charge in [-0.1, -0.05) is 30.3 Å². The molecule has 0 atom stereocenters.